The summed E-state index contributed by atoms with van der Waals surface area (Å²) in [7, 11) is 1.94. The van der Waals surface area contributed by atoms with Crippen LogP contribution in [0.2, 0.25) is 0 Å². The van der Waals surface area contributed by atoms with E-state index in [-0.39, 0.29) is 6.10 Å². The molecule has 0 amide bonds. The van der Waals surface area contributed by atoms with Gasteiger partial charge in [0.1, 0.15) is 7.85 Å². The molecule has 1 atom stereocenters. The van der Waals surface area contributed by atoms with Crippen LogP contribution in [0.5, 0.6) is 0 Å². The smallest absolute Gasteiger partial charge is 0.136 e. The van der Waals surface area contributed by atoms with Crippen LogP contribution in [0.15, 0.2) is 47.7 Å². The third-order valence-corrected chi connectivity index (χ3v) is 1.83. The zero-order valence-electron chi connectivity index (χ0n) is 8.53. The Bertz CT molecular complexity index is 290. The summed E-state index contributed by atoms with van der Waals surface area (Å²) in [6.07, 6.45) is 6.01. The van der Waals surface area contributed by atoms with E-state index in [0.717, 1.165) is 17.5 Å². The van der Waals surface area contributed by atoms with Crippen molar-refractivity contribution in [2.45, 2.75) is 12.5 Å². The molecule has 0 aliphatic heterocycles. The fourth-order valence-corrected chi connectivity index (χ4v) is 1.15. The summed E-state index contributed by atoms with van der Waals surface area (Å²) in [5.41, 5.74) is 2.06. The Morgan fingerprint density at radius 1 is 1.71 bits per heavy atom. The zero-order chi connectivity index (χ0) is 10.4. The molecule has 1 aromatic heterocycles. The third kappa shape index (κ3) is 3.26. The highest BCUT2D eigenvalue weighted by Crippen LogP contribution is 2.22. The van der Waals surface area contributed by atoms with Crippen molar-refractivity contribution in [1.29, 1.82) is 0 Å². The molecule has 0 saturated carbocycles. The molecule has 2 nitrogen and oxygen atoms in total. The first-order valence-corrected chi connectivity index (χ1v) is 4.63. The average molecular weight is 190 g/mol. The van der Waals surface area contributed by atoms with Crippen LogP contribution in [0.25, 0.3) is 0 Å². The Morgan fingerprint density at radius 2 is 2.50 bits per heavy atom. The summed E-state index contributed by atoms with van der Waals surface area (Å²) in [5, 5.41) is 0. The molecule has 0 unspecified atom stereocenters. The van der Waals surface area contributed by atoms with Crippen LogP contribution in [0.4, 0.5) is 0 Å². The predicted molar refractivity (Wildman–Crippen MR) is 59.9 cm³/mol. The molecule has 3 heteroatoms. The van der Waals surface area contributed by atoms with Crippen LogP contribution in [-0.2, 0) is 4.74 Å². The van der Waals surface area contributed by atoms with Crippen LogP contribution in [-0.4, -0.2) is 14.5 Å². The van der Waals surface area contributed by atoms with Crippen molar-refractivity contribution < 1.29 is 9.15 Å². The molecule has 0 spiro atoms. The van der Waals surface area contributed by atoms with E-state index in [1.54, 1.807) is 12.5 Å². The highest BCUT2D eigenvalue weighted by molar-refractivity contribution is 6.21. The molecule has 0 aromatic carbocycles. The molecular weight excluding hydrogens is 175 g/mol. The van der Waals surface area contributed by atoms with E-state index in [9.17, 15) is 0 Å². The van der Waals surface area contributed by atoms with Gasteiger partial charge in [0.15, 0.2) is 0 Å². The van der Waals surface area contributed by atoms with Crippen LogP contribution in [0.1, 0.15) is 18.1 Å². The normalized spacial score (nSPS) is 12.3. The van der Waals surface area contributed by atoms with Gasteiger partial charge in [0.2, 0.25) is 0 Å². The minimum Gasteiger partial charge on any atom is -0.472 e. The molecule has 1 aromatic rings. The van der Waals surface area contributed by atoms with Gasteiger partial charge >= 0.3 is 0 Å². The van der Waals surface area contributed by atoms with Crippen molar-refractivity contribution in [3.8, 4) is 0 Å². The average Bonchev–Trinajstić information content (AvgIpc) is 2.64. The molecule has 0 bridgehead atoms. The molecule has 0 saturated heterocycles. The highest BCUT2D eigenvalue weighted by atomic mass is 16.5. The molecule has 0 radical (unpaired) electrons. The molecule has 1 rings (SSSR count). The van der Waals surface area contributed by atoms with Crippen molar-refractivity contribution in [2.24, 2.45) is 0 Å². The van der Waals surface area contributed by atoms with Crippen LogP contribution < -0.4 is 0 Å². The van der Waals surface area contributed by atoms with Crippen LogP contribution >= 0.6 is 0 Å². The van der Waals surface area contributed by atoms with E-state index in [4.69, 9.17) is 9.15 Å². The second-order valence-corrected chi connectivity index (χ2v) is 3.34. The molecule has 1 heterocycles. The van der Waals surface area contributed by atoms with Crippen molar-refractivity contribution in [1.82, 2.24) is 0 Å². The van der Waals surface area contributed by atoms with E-state index in [0.29, 0.717) is 6.61 Å². The minimum atomic E-state index is 0.0305. The molecule has 14 heavy (non-hydrogen) atoms. The van der Waals surface area contributed by atoms with Gasteiger partial charge in [-0.2, -0.15) is 0 Å². The SMILES string of the molecule is BC(=C)CO[C@H](CC=C)c1ccoc1. The molecule has 0 fully saturated rings. The lowest BCUT2D eigenvalue weighted by Crippen LogP contribution is -2.05. The number of furan rings is 1. The Balaban J connectivity index is 2.55. The first kappa shape index (κ1) is 10.9. The highest BCUT2D eigenvalue weighted by Gasteiger charge is 2.11. The maximum Gasteiger partial charge on any atom is 0.136 e. The molecule has 0 aliphatic carbocycles. The van der Waals surface area contributed by atoms with Gasteiger partial charge in [-0.05, 0) is 12.5 Å². The van der Waals surface area contributed by atoms with E-state index in [1.807, 2.05) is 20.0 Å². The maximum absolute atomic E-state index is 5.66. The van der Waals surface area contributed by atoms with E-state index >= 15 is 0 Å². The molecule has 0 N–H and O–H groups in total. The van der Waals surface area contributed by atoms with Gasteiger partial charge in [-0.3, -0.25) is 0 Å². The van der Waals surface area contributed by atoms with Gasteiger partial charge in [0, 0.05) is 5.56 Å². The summed E-state index contributed by atoms with van der Waals surface area (Å²) in [4.78, 5) is 0. The van der Waals surface area contributed by atoms with Gasteiger partial charge in [-0.25, -0.2) is 0 Å². The summed E-state index contributed by atoms with van der Waals surface area (Å²) < 4.78 is 10.7. The van der Waals surface area contributed by atoms with E-state index in [1.165, 1.54) is 0 Å². The lowest BCUT2D eigenvalue weighted by atomic mass is 9.99. The topological polar surface area (TPSA) is 22.4 Å². The summed E-state index contributed by atoms with van der Waals surface area (Å²) >= 11 is 0. The van der Waals surface area contributed by atoms with Crippen LogP contribution in [0, 0.1) is 0 Å². The molecule has 74 valence electrons. The number of ether oxygens (including phenoxy) is 1. The van der Waals surface area contributed by atoms with Crippen molar-refractivity contribution in [2.75, 3.05) is 6.61 Å². The standard InChI is InChI=1S/C11H15BO2/c1-3-4-11(14-7-9(2)12)10-5-6-13-8-10/h3,5-6,8,11H,1-2,4,7,12H2/t11-/m1/s1. The zero-order valence-corrected chi connectivity index (χ0v) is 8.53. The van der Waals surface area contributed by atoms with Crippen molar-refractivity contribution in [3.63, 3.8) is 0 Å². The Kier molecular flexibility index (Phi) is 4.27. The Labute approximate surface area is 85.7 Å². The van der Waals surface area contributed by atoms with Crippen molar-refractivity contribution in [3.05, 3.63) is 48.9 Å². The van der Waals surface area contributed by atoms with Gasteiger partial charge in [-0.1, -0.05) is 11.5 Å². The summed E-state index contributed by atoms with van der Waals surface area (Å²) in [6.45, 7) is 8.07. The lowest BCUT2D eigenvalue weighted by molar-refractivity contribution is 0.0743. The first-order valence-electron chi connectivity index (χ1n) is 4.63. The number of hydrogen-bond acceptors (Lipinski definition) is 2. The monoisotopic (exact) mass is 190 g/mol. The third-order valence-electron chi connectivity index (χ3n) is 1.83. The van der Waals surface area contributed by atoms with Gasteiger partial charge in [-0.15, -0.1) is 13.2 Å². The quantitative estimate of drug-likeness (QED) is 0.506. The summed E-state index contributed by atoms with van der Waals surface area (Å²) in [5.74, 6) is 0. The molecule has 0 aliphatic rings. The summed E-state index contributed by atoms with van der Waals surface area (Å²) in [6, 6.07) is 1.91. The maximum atomic E-state index is 5.66. The van der Waals surface area contributed by atoms with E-state index < -0.39 is 0 Å². The number of rotatable bonds is 6. The number of hydrogen-bond donors (Lipinski definition) is 0. The fraction of sp³-hybridized carbons (Fsp3) is 0.273. The lowest BCUT2D eigenvalue weighted by Gasteiger charge is -2.14. The Morgan fingerprint density at radius 3 is 3.00 bits per heavy atom. The van der Waals surface area contributed by atoms with Crippen molar-refractivity contribution >= 4 is 7.85 Å². The van der Waals surface area contributed by atoms with Gasteiger partial charge in [0.25, 0.3) is 0 Å². The fourth-order valence-electron chi connectivity index (χ4n) is 1.15. The second kappa shape index (κ2) is 5.50. The van der Waals surface area contributed by atoms with Gasteiger partial charge < -0.3 is 9.15 Å². The minimum absolute atomic E-state index is 0.0305. The van der Waals surface area contributed by atoms with Crippen LogP contribution in [0.3, 0.4) is 0 Å². The Hall–Kier alpha value is -1.22. The second-order valence-electron chi connectivity index (χ2n) is 3.34. The first-order chi connectivity index (χ1) is 6.74. The van der Waals surface area contributed by atoms with E-state index in [2.05, 4.69) is 13.2 Å². The van der Waals surface area contributed by atoms with Gasteiger partial charge in [0.05, 0.1) is 25.2 Å². The predicted octanol–water partition coefficient (Wildman–Crippen LogP) is 2.06. The molecular formula is C11H15BO2. The largest absolute Gasteiger partial charge is 0.472 e.